The molecule has 0 aliphatic carbocycles. The van der Waals surface area contributed by atoms with Crippen molar-refractivity contribution < 1.29 is 9.50 Å². The summed E-state index contributed by atoms with van der Waals surface area (Å²) < 4.78 is 13.6. The van der Waals surface area contributed by atoms with Gasteiger partial charge in [0.25, 0.3) is 0 Å². The molecule has 1 aromatic carbocycles. The van der Waals surface area contributed by atoms with Gasteiger partial charge in [-0.15, -0.1) is 0 Å². The first-order chi connectivity index (χ1) is 6.48. The second kappa shape index (κ2) is 2.74. The third-order valence-corrected chi connectivity index (χ3v) is 2.28. The number of benzene rings is 1. The summed E-state index contributed by atoms with van der Waals surface area (Å²) in [6.07, 6.45) is 0. The van der Waals surface area contributed by atoms with Crippen molar-refractivity contribution in [1.82, 2.24) is 4.98 Å². The van der Waals surface area contributed by atoms with Crippen LogP contribution in [0, 0.1) is 0 Å². The third kappa shape index (κ3) is 1.35. The van der Waals surface area contributed by atoms with E-state index >= 15 is 0 Å². The van der Waals surface area contributed by atoms with E-state index in [0.29, 0.717) is 11.1 Å². The van der Waals surface area contributed by atoms with Gasteiger partial charge in [-0.05, 0) is 32.0 Å². The molecule has 0 unspecified atom stereocenters. The summed E-state index contributed by atoms with van der Waals surface area (Å²) in [5.74, 6) is 0.175. The molecule has 0 aliphatic heterocycles. The van der Waals surface area contributed by atoms with Crippen LogP contribution < -0.4 is 0 Å². The van der Waals surface area contributed by atoms with Gasteiger partial charge < -0.3 is 10.1 Å². The van der Waals surface area contributed by atoms with E-state index in [0.717, 1.165) is 5.52 Å². The van der Waals surface area contributed by atoms with Gasteiger partial charge >= 0.3 is 0 Å². The largest absolute Gasteiger partial charge is 0.507 e. The maximum atomic E-state index is 13.6. The average molecular weight is 193 g/mol. The molecule has 74 valence electrons. The summed E-state index contributed by atoms with van der Waals surface area (Å²) in [6.45, 7) is 2.96. The number of H-pyrrole nitrogens is 1. The van der Waals surface area contributed by atoms with E-state index in [9.17, 15) is 9.50 Å². The maximum Gasteiger partial charge on any atom is 0.145 e. The fourth-order valence-corrected chi connectivity index (χ4v) is 1.46. The molecule has 2 N–H and O–H groups in total. The molecule has 0 fully saturated rings. The Labute approximate surface area is 81.4 Å². The highest BCUT2D eigenvalue weighted by Gasteiger charge is 2.21. The van der Waals surface area contributed by atoms with Gasteiger partial charge in [-0.1, -0.05) is 6.07 Å². The van der Waals surface area contributed by atoms with E-state index in [1.54, 1.807) is 18.2 Å². The van der Waals surface area contributed by atoms with Crippen molar-refractivity contribution in [3.63, 3.8) is 0 Å². The number of halogens is 1. The van der Waals surface area contributed by atoms with Gasteiger partial charge in [0, 0.05) is 10.9 Å². The van der Waals surface area contributed by atoms with Crippen LogP contribution in [0.3, 0.4) is 0 Å². The lowest BCUT2D eigenvalue weighted by Crippen LogP contribution is -2.08. The molecule has 2 rings (SSSR count). The lowest BCUT2D eigenvalue weighted by Gasteiger charge is -2.10. The fraction of sp³-hybridized carbons (Fsp3) is 0.273. The molecule has 0 amide bonds. The first-order valence-corrected chi connectivity index (χ1v) is 4.48. The molecule has 0 saturated heterocycles. The number of phenols is 1. The Bertz CT molecular complexity index is 468. The van der Waals surface area contributed by atoms with E-state index < -0.39 is 5.67 Å². The Hall–Kier alpha value is -1.51. The maximum absolute atomic E-state index is 13.6. The molecule has 2 aromatic rings. The molecular weight excluding hydrogens is 181 g/mol. The molecule has 2 nitrogen and oxygen atoms in total. The Kier molecular flexibility index (Phi) is 1.77. The molecule has 0 atom stereocenters. The van der Waals surface area contributed by atoms with Crippen molar-refractivity contribution in [2.24, 2.45) is 0 Å². The number of hydrogen-bond acceptors (Lipinski definition) is 1. The minimum atomic E-state index is -1.41. The van der Waals surface area contributed by atoms with Crippen LogP contribution in [0.15, 0.2) is 24.3 Å². The standard InChI is InChI=1S/C11H12FNO/c1-11(2,12)10-6-7-8(13-10)4-3-5-9(7)14/h3-6,13-14H,1-2H3. The predicted octanol–water partition coefficient (Wildman–Crippen LogP) is 3.08. The quantitative estimate of drug-likeness (QED) is 0.717. The smallest absolute Gasteiger partial charge is 0.145 e. The van der Waals surface area contributed by atoms with Crippen LogP contribution >= 0.6 is 0 Å². The van der Waals surface area contributed by atoms with Gasteiger partial charge in [0.1, 0.15) is 11.4 Å². The van der Waals surface area contributed by atoms with Gasteiger partial charge in [0.15, 0.2) is 0 Å². The van der Waals surface area contributed by atoms with Crippen molar-refractivity contribution >= 4 is 10.9 Å². The third-order valence-electron chi connectivity index (χ3n) is 2.28. The molecule has 14 heavy (non-hydrogen) atoms. The molecule has 0 saturated carbocycles. The number of rotatable bonds is 1. The summed E-state index contributed by atoms with van der Waals surface area (Å²) >= 11 is 0. The second-order valence-electron chi connectivity index (χ2n) is 3.89. The monoisotopic (exact) mass is 193 g/mol. The normalized spacial score (nSPS) is 12.2. The topological polar surface area (TPSA) is 36.0 Å². The first-order valence-electron chi connectivity index (χ1n) is 4.48. The van der Waals surface area contributed by atoms with E-state index in [1.165, 1.54) is 13.8 Å². The van der Waals surface area contributed by atoms with Gasteiger partial charge in [-0.25, -0.2) is 4.39 Å². The lowest BCUT2D eigenvalue weighted by atomic mass is 10.1. The Balaban J connectivity index is 2.69. The van der Waals surface area contributed by atoms with E-state index in [4.69, 9.17) is 0 Å². The zero-order valence-corrected chi connectivity index (χ0v) is 8.13. The number of aromatic amines is 1. The van der Waals surface area contributed by atoms with E-state index in [1.807, 2.05) is 6.07 Å². The molecule has 3 heteroatoms. The number of alkyl halides is 1. The molecule has 1 aromatic heterocycles. The Morgan fingerprint density at radius 3 is 2.64 bits per heavy atom. The van der Waals surface area contributed by atoms with E-state index in [2.05, 4.69) is 4.98 Å². The zero-order chi connectivity index (χ0) is 10.3. The van der Waals surface area contributed by atoms with Crippen molar-refractivity contribution in [3.8, 4) is 5.75 Å². The highest BCUT2D eigenvalue weighted by atomic mass is 19.1. The van der Waals surface area contributed by atoms with E-state index in [-0.39, 0.29) is 5.75 Å². The Morgan fingerprint density at radius 2 is 2.07 bits per heavy atom. The summed E-state index contributed by atoms with van der Waals surface area (Å²) in [6, 6.07) is 6.77. The zero-order valence-electron chi connectivity index (χ0n) is 8.13. The van der Waals surface area contributed by atoms with Crippen LogP contribution in [0.1, 0.15) is 19.5 Å². The molecule has 0 bridgehead atoms. The van der Waals surface area contributed by atoms with Gasteiger partial charge in [-0.2, -0.15) is 0 Å². The number of aromatic nitrogens is 1. The van der Waals surface area contributed by atoms with Crippen molar-refractivity contribution in [2.45, 2.75) is 19.5 Å². The fourth-order valence-electron chi connectivity index (χ4n) is 1.46. The number of aromatic hydroxyl groups is 1. The summed E-state index contributed by atoms with van der Waals surface area (Å²) in [5.41, 5.74) is -0.175. The number of nitrogens with one attached hydrogen (secondary N) is 1. The summed E-state index contributed by atoms with van der Waals surface area (Å²) in [4.78, 5) is 2.94. The number of phenolic OH excluding ortho intramolecular Hbond substituents is 1. The number of hydrogen-bond donors (Lipinski definition) is 2. The minimum absolute atomic E-state index is 0.175. The predicted molar refractivity (Wildman–Crippen MR) is 54.1 cm³/mol. The van der Waals surface area contributed by atoms with Crippen LogP contribution in [-0.4, -0.2) is 10.1 Å². The van der Waals surface area contributed by atoms with Crippen molar-refractivity contribution in [2.75, 3.05) is 0 Å². The SMILES string of the molecule is CC(C)(F)c1cc2c(O)cccc2[nH]1. The molecule has 0 radical (unpaired) electrons. The van der Waals surface area contributed by atoms with Gasteiger partial charge in [-0.3, -0.25) is 0 Å². The van der Waals surface area contributed by atoms with Crippen molar-refractivity contribution in [3.05, 3.63) is 30.0 Å². The minimum Gasteiger partial charge on any atom is -0.507 e. The summed E-state index contributed by atoms with van der Waals surface area (Å²) in [7, 11) is 0. The van der Waals surface area contributed by atoms with Gasteiger partial charge in [0.05, 0.1) is 5.69 Å². The van der Waals surface area contributed by atoms with Crippen LogP contribution in [-0.2, 0) is 5.67 Å². The highest BCUT2D eigenvalue weighted by molar-refractivity contribution is 5.86. The van der Waals surface area contributed by atoms with Crippen LogP contribution in [0.5, 0.6) is 5.75 Å². The van der Waals surface area contributed by atoms with Crippen LogP contribution in [0.2, 0.25) is 0 Å². The first kappa shape index (κ1) is 9.06. The van der Waals surface area contributed by atoms with Crippen molar-refractivity contribution in [1.29, 1.82) is 0 Å². The van der Waals surface area contributed by atoms with Crippen LogP contribution in [0.25, 0.3) is 10.9 Å². The lowest BCUT2D eigenvalue weighted by molar-refractivity contribution is 0.215. The molecular formula is C11H12FNO. The molecule has 0 aliphatic rings. The number of fused-ring (bicyclic) bond motifs is 1. The summed E-state index contributed by atoms with van der Waals surface area (Å²) in [5, 5.41) is 10.2. The van der Waals surface area contributed by atoms with Crippen LogP contribution in [0.4, 0.5) is 4.39 Å². The highest BCUT2D eigenvalue weighted by Crippen LogP contribution is 2.31. The molecule has 0 spiro atoms. The molecule has 1 heterocycles. The Morgan fingerprint density at radius 1 is 1.36 bits per heavy atom. The second-order valence-corrected chi connectivity index (χ2v) is 3.89. The van der Waals surface area contributed by atoms with Gasteiger partial charge in [0.2, 0.25) is 0 Å². The average Bonchev–Trinajstić information content (AvgIpc) is 2.48.